The molecule has 0 aliphatic heterocycles. The molecule has 6 heteroatoms. The van der Waals surface area contributed by atoms with E-state index in [4.69, 9.17) is 6.42 Å². The van der Waals surface area contributed by atoms with Gasteiger partial charge < -0.3 is 5.32 Å². The largest absolute Gasteiger partial charge is 0.315 e. The van der Waals surface area contributed by atoms with Crippen molar-refractivity contribution in [2.45, 2.75) is 31.5 Å². The highest BCUT2D eigenvalue weighted by Gasteiger charge is 2.05. The molecule has 1 N–H and O–H groups in total. The minimum absolute atomic E-state index is 0.742. The van der Waals surface area contributed by atoms with E-state index in [-0.39, 0.29) is 0 Å². The number of hydrogen-bond acceptors (Lipinski definition) is 5. The minimum Gasteiger partial charge on any atom is -0.315 e. The first-order valence-electron chi connectivity index (χ1n) is 5.41. The number of aromatic nitrogens is 4. The van der Waals surface area contributed by atoms with Gasteiger partial charge >= 0.3 is 0 Å². The summed E-state index contributed by atoms with van der Waals surface area (Å²) in [6.45, 7) is 4.86. The summed E-state index contributed by atoms with van der Waals surface area (Å²) in [5, 5.41) is 15.7. The van der Waals surface area contributed by atoms with Crippen LogP contribution in [0.1, 0.15) is 19.8 Å². The third kappa shape index (κ3) is 4.64. The predicted octanol–water partition coefficient (Wildman–Crippen LogP) is 0.788. The molecule has 0 fully saturated rings. The zero-order valence-corrected chi connectivity index (χ0v) is 10.3. The Balaban J connectivity index is 2.30. The van der Waals surface area contributed by atoms with Gasteiger partial charge in [0.15, 0.2) is 0 Å². The van der Waals surface area contributed by atoms with Crippen LogP contribution in [0.5, 0.6) is 0 Å². The fraction of sp³-hybridized carbons (Fsp3) is 0.700. The van der Waals surface area contributed by atoms with E-state index in [0.29, 0.717) is 0 Å². The Bertz CT molecular complexity index is 330. The molecule has 0 saturated heterocycles. The zero-order valence-electron chi connectivity index (χ0n) is 9.52. The Morgan fingerprint density at radius 3 is 3.12 bits per heavy atom. The van der Waals surface area contributed by atoms with Crippen LogP contribution in [0.2, 0.25) is 0 Å². The van der Waals surface area contributed by atoms with E-state index < -0.39 is 0 Å². The van der Waals surface area contributed by atoms with Crippen LogP contribution in [0.3, 0.4) is 0 Å². The van der Waals surface area contributed by atoms with Crippen molar-refractivity contribution in [2.24, 2.45) is 0 Å². The topological polar surface area (TPSA) is 55.6 Å². The monoisotopic (exact) mass is 239 g/mol. The predicted molar refractivity (Wildman–Crippen MR) is 65.2 cm³/mol. The number of terminal acetylenes is 1. The normalized spacial score (nSPS) is 10.2. The number of hydrogen-bond donors (Lipinski definition) is 1. The molecule has 1 aromatic rings. The molecule has 0 unspecified atom stereocenters. The van der Waals surface area contributed by atoms with Gasteiger partial charge in [0.1, 0.15) is 0 Å². The highest BCUT2D eigenvalue weighted by Crippen LogP contribution is 2.13. The van der Waals surface area contributed by atoms with Gasteiger partial charge in [0, 0.05) is 18.7 Å². The summed E-state index contributed by atoms with van der Waals surface area (Å²) in [5.41, 5.74) is 0. The quantitative estimate of drug-likeness (QED) is 0.413. The van der Waals surface area contributed by atoms with Crippen molar-refractivity contribution in [3.8, 4) is 12.3 Å². The Morgan fingerprint density at radius 1 is 1.50 bits per heavy atom. The molecule has 0 aromatic carbocycles. The van der Waals surface area contributed by atoms with Crippen LogP contribution in [-0.2, 0) is 6.54 Å². The van der Waals surface area contributed by atoms with E-state index in [1.807, 2.05) is 4.68 Å². The van der Waals surface area contributed by atoms with Crippen LogP contribution >= 0.6 is 11.8 Å². The van der Waals surface area contributed by atoms with E-state index in [9.17, 15) is 0 Å². The van der Waals surface area contributed by atoms with Crippen molar-refractivity contribution < 1.29 is 0 Å². The maximum atomic E-state index is 5.19. The lowest BCUT2D eigenvalue weighted by molar-refractivity contribution is 0.510. The molecule has 0 saturated carbocycles. The zero-order chi connectivity index (χ0) is 11.6. The maximum Gasteiger partial charge on any atom is 0.209 e. The molecular formula is C10H17N5S. The molecular weight excluding hydrogens is 222 g/mol. The number of thioether (sulfide) groups is 1. The molecule has 0 bridgehead atoms. The van der Waals surface area contributed by atoms with Gasteiger partial charge in [0.2, 0.25) is 5.16 Å². The minimum atomic E-state index is 0.742. The fourth-order valence-electron chi connectivity index (χ4n) is 1.13. The van der Waals surface area contributed by atoms with Crippen LogP contribution in [-0.4, -0.2) is 39.0 Å². The average Bonchev–Trinajstić information content (AvgIpc) is 2.73. The Labute approximate surface area is 100 Å². The molecule has 1 heterocycles. The lowest BCUT2D eigenvalue weighted by atomic mass is 10.5. The van der Waals surface area contributed by atoms with E-state index in [1.165, 1.54) is 0 Å². The highest BCUT2D eigenvalue weighted by atomic mass is 32.2. The number of nitrogens with one attached hydrogen (secondary N) is 1. The molecule has 0 amide bonds. The molecule has 1 aromatic heterocycles. The van der Waals surface area contributed by atoms with Crippen molar-refractivity contribution in [2.75, 3.05) is 18.8 Å². The summed E-state index contributed by atoms with van der Waals surface area (Å²) in [5.74, 6) is 3.46. The first-order valence-corrected chi connectivity index (χ1v) is 6.40. The molecule has 0 aliphatic carbocycles. The first-order chi connectivity index (χ1) is 7.88. The lowest BCUT2D eigenvalue weighted by Gasteiger charge is -2.04. The van der Waals surface area contributed by atoms with Crippen LogP contribution in [0.15, 0.2) is 5.16 Å². The van der Waals surface area contributed by atoms with Gasteiger partial charge in [0.05, 0.1) is 6.54 Å². The Morgan fingerprint density at radius 2 is 2.38 bits per heavy atom. The van der Waals surface area contributed by atoms with Crippen molar-refractivity contribution in [3.05, 3.63) is 0 Å². The second-order valence-electron chi connectivity index (χ2n) is 3.24. The molecule has 0 spiro atoms. The van der Waals surface area contributed by atoms with Crippen LogP contribution in [0.25, 0.3) is 0 Å². The average molecular weight is 239 g/mol. The third-order valence-corrected chi connectivity index (χ3v) is 2.86. The van der Waals surface area contributed by atoms with E-state index in [0.717, 1.165) is 43.4 Å². The van der Waals surface area contributed by atoms with Crippen molar-refractivity contribution in [1.82, 2.24) is 25.5 Å². The van der Waals surface area contributed by atoms with Crippen molar-refractivity contribution in [1.29, 1.82) is 0 Å². The first kappa shape index (κ1) is 13.0. The van der Waals surface area contributed by atoms with Gasteiger partial charge in [-0.25, -0.2) is 4.68 Å². The van der Waals surface area contributed by atoms with Gasteiger partial charge in [-0.1, -0.05) is 18.7 Å². The molecule has 1 rings (SSSR count). The summed E-state index contributed by atoms with van der Waals surface area (Å²) >= 11 is 1.60. The number of nitrogens with zero attached hydrogens (tertiary/aromatic N) is 4. The lowest BCUT2D eigenvalue weighted by Crippen LogP contribution is -2.21. The van der Waals surface area contributed by atoms with Crippen LogP contribution < -0.4 is 5.32 Å². The molecule has 88 valence electrons. The fourth-order valence-corrected chi connectivity index (χ4v) is 1.90. The third-order valence-electron chi connectivity index (χ3n) is 1.90. The summed E-state index contributed by atoms with van der Waals surface area (Å²) in [6.07, 6.45) is 7.07. The van der Waals surface area contributed by atoms with Gasteiger partial charge in [-0.05, 0) is 23.4 Å². The summed E-state index contributed by atoms with van der Waals surface area (Å²) in [7, 11) is 0. The molecule has 0 aliphatic rings. The summed E-state index contributed by atoms with van der Waals surface area (Å²) < 4.78 is 1.81. The highest BCUT2D eigenvalue weighted by molar-refractivity contribution is 7.99. The molecule has 0 radical (unpaired) electrons. The van der Waals surface area contributed by atoms with E-state index in [2.05, 4.69) is 33.7 Å². The molecule has 5 nitrogen and oxygen atoms in total. The van der Waals surface area contributed by atoms with Gasteiger partial charge in [0.25, 0.3) is 0 Å². The Hall–Kier alpha value is -1.06. The van der Waals surface area contributed by atoms with Crippen molar-refractivity contribution in [3.63, 3.8) is 0 Å². The van der Waals surface area contributed by atoms with Gasteiger partial charge in [-0.3, -0.25) is 0 Å². The molecule has 16 heavy (non-hydrogen) atoms. The SMILES string of the molecule is C#CCCSc1nnnn1CCNCCC. The second kappa shape index (κ2) is 8.13. The van der Waals surface area contributed by atoms with Gasteiger partial charge in [-0.2, -0.15) is 0 Å². The summed E-state index contributed by atoms with van der Waals surface area (Å²) in [4.78, 5) is 0. The maximum absolute atomic E-state index is 5.19. The van der Waals surface area contributed by atoms with E-state index in [1.54, 1.807) is 11.8 Å². The van der Waals surface area contributed by atoms with Gasteiger partial charge in [-0.15, -0.1) is 17.4 Å². The van der Waals surface area contributed by atoms with Crippen LogP contribution in [0.4, 0.5) is 0 Å². The van der Waals surface area contributed by atoms with Crippen molar-refractivity contribution >= 4 is 11.8 Å². The Kier molecular flexibility index (Phi) is 6.61. The number of tetrazole rings is 1. The van der Waals surface area contributed by atoms with Crippen LogP contribution in [0, 0.1) is 12.3 Å². The van der Waals surface area contributed by atoms with E-state index >= 15 is 0 Å². The smallest absolute Gasteiger partial charge is 0.209 e. The second-order valence-corrected chi connectivity index (χ2v) is 4.30. The standard InChI is InChI=1S/C10H17N5S/c1-3-5-9-16-10-12-13-14-15(10)8-7-11-6-4-2/h1,11H,4-9H2,2H3. The summed E-state index contributed by atoms with van der Waals surface area (Å²) in [6, 6.07) is 0. The number of rotatable bonds is 8. The molecule has 0 atom stereocenters.